The molecule has 1 aliphatic rings. The number of nitrogens with one attached hydrogen (secondary N) is 1. The van der Waals surface area contributed by atoms with Crippen molar-refractivity contribution in [3.8, 4) is 0 Å². The van der Waals surface area contributed by atoms with Crippen LogP contribution in [-0.4, -0.2) is 24.0 Å². The Labute approximate surface area is 83.7 Å². The number of carbonyl (C=O) groups excluding carboxylic acids is 1. The topological polar surface area (TPSA) is 32.3 Å². The van der Waals surface area contributed by atoms with E-state index in [1.807, 2.05) is 37.4 Å². The lowest BCUT2D eigenvalue weighted by molar-refractivity contribution is 0.218. The third-order valence-corrected chi connectivity index (χ3v) is 2.85. The highest BCUT2D eigenvalue weighted by molar-refractivity contribution is 5.77. The third-order valence-electron chi connectivity index (χ3n) is 2.85. The van der Waals surface area contributed by atoms with E-state index in [2.05, 4.69) is 12.2 Å². The molecule has 3 nitrogen and oxygen atoms in total. The number of hydrogen-bond acceptors (Lipinski definition) is 1. The summed E-state index contributed by atoms with van der Waals surface area (Å²) in [7, 11) is 1.82. The molecular formula is C11H14N2O. The molecule has 1 heterocycles. The number of nitrogens with zero attached hydrogens (tertiary/aromatic N) is 1. The minimum Gasteiger partial charge on any atom is -0.329 e. The normalized spacial score (nSPS) is 26.4. The molecule has 0 spiro atoms. The second kappa shape index (κ2) is 3.33. The number of carbonyl (C=O) groups is 1. The molecule has 0 radical (unpaired) electrons. The van der Waals surface area contributed by atoms with Crippen LogP contribution >= 0.6 is 0 Å². The Hall–Kier alpha value is -1.51. The lowest BCUT2D eigenvalue weighted by Gasteiger charge is -2.18. The summed E-state index contributed by atoms with van der Waals surface area (Å²) in [6, 6.07) is 10.4. The maximum Gasteiger partial charge on any atom is 0.318 e. The number of amides is 2. The second-order valence-electron chi connectivity index (χ2n) is 3.69. The van der Waals surface area contributed by atoms with Crippen molar-refractivity contribution < 1.29 is 4.79 Å². The smallest absolute Gasteiger partial charge is 0.318 e. The average Bonchev–Trinajstić information content (AvgIpc) is 2.47. The molecule has 1 fully saturated rings. The number of urea groups is 1. The molecule has 0 bridgehead atoms. The van der Waals surface area contributed by atoms with E-state index in [1.54, 1.807) is 4.90 Å². The fourth-order valence-electron chi connectivity index (χ4n) is 1.79. The van der Waals surface area contributed by atoms with E-state index in [-0.39, 0.29) is 18.1 Å². The molecule has 2 rings (SSSR count). The maximum atomic E-state index is 11.4. The van der Waals surface area contributed by atoms with Crippen LogP contribution in [0.3, 0.4) is 0 Å². The maximum absolute atomic E-state index is 11.4. The van der Waals surface area contributed by atoms with Gasteiger partial charge in [0.1, 0.15) is 0 Å². The van der Waals surface area contributed by atoms with E-state index in [0.717, 1.165) is 5.56 Å². The molecule has 1 aromatic carbocycles. The number of likely N-dealkylation sites (N-methyl/N-ethyl adjacent to an activating group) is 1. The molecule has 0 unspecified atom stereocenters. The molecule has 2 amide bonds. The summed E-state index contributed by atoms with van der Waals surface area (Å²) in [6.45, 7) is 2.05. The molecule has 2 atom stereocenters. The number of rotatable bonds is 1. The summed E-state index contributed by atoms with van der Waals surface area (Å²) < 4.78 is 0. The molecule has 14 heavy (non-hydrogen) atoms. The van der Waals surface area contributed by atoms with Gasteiger partial charge in [0.2, 0.25) is 0 Å². The minimum absolute atomic E-state index is 0.00588. The van der Waals surface area contributed by atoms with Crippen LogP contribution in [0.15, 0.2) is 30.3 Å². The van der Waals surface area contributed by atoms with Gasteiger partial charge in [0.05, 0.1) is 12.1 Å². The summed E-state index contributed by atoms with van der Waals surface area (Å²) in [4.78, 5) is 13.1. The number of benzene rings is 1. The van der Waals surface area contributed by atoms with Gasteiger partial charge in [0.15, 0.2) is 0 Å². The van der Waals surface area contributed by atoms with Crippen LogP contribution in [-0.2, 0) is 0 Å². The van der Waals surface area contributed by atoms with Crippen LogP contribution in [0.4, 0.5) is 4.79 Å². The van der Waals surface area contributed by atoms with Crippen LogP contribution in [0.25, 0.3) is 0 Å². The molecule has 1 aliphatic heterocycles. The van der Waals surface area contributed by atoms with Gasteiger partial charge in [-0.1, -0.05) is 30.3 Å². The second-order valence-corrected chi connectivity index (χ2v) is 3.69. The van der Waals surface area contributed by atoms with Crippen molar-refractivity contribution in [3.05, 3.63) is 35.9 Å². The van der Waals surface area contributed by atoms with Gasteiger partial charge in [-0.3, -0.25) is 0 Å². The first-order valence-corrected chi connectivity index (χ1v) is 4.78. The van der Waals surface area contributed by atoms with Crippen LogP contribution < -0.4 is 5.32 Å². The van der Waals surface area contributed by atoms with Gasteiger partial charge in [0.25, 0.3) is 0 Å². The molecule has 74 valence electrons. The SMILES string of the molecule is C[C@H]1[C@H](c2ccccc2)NC(=O)N1C. The zero-order chi connectivity index (χ0) is 10.1. The molecule has 1 aromatic rings. The van der Waals surface area contributed by atoms with Crippen molar-refractivity contribution in [1.82, 2.24) is 10.2 Å². The van der Waals surface area contributed by atoms with E-state index in [4.69, 9.17) is 0 Å². The Kier molecular flexibility index (Phi) is 2.15. The lowest BCUT2D eigenvalue weighted by atomic mass is 10.0. The monoisotopic (exact) mass is 190 g/mol. The summed E-state index contributed by atoms with van der Waals surface area (Å²) in [5, 5.41) is 2.96. The Balaban J connectivity index is 2.26. The molecule has 1 N–H and O–H groups in total. The third kappa shape index (κ3) is 1.35. The predicted molar refractivity (Wildman–Crippen MR) is 54.9 cm³/mol. The van der Waals surface area contributed by atoms with Crippen LogP contribution in [0, 0.1) is 0 Å². The molecule has 3 heteroatoms. The first-order chi connectivity index (χ1) is 6.70. The highest BCUT2D eigenvalue weighted by Gasteiger charge is 2.34. The molecule has 0 saturated carbocycles. The van der Waals surface area contributed by atoms with E-state index in [9.17, 15) is 4.79 Å². The molecule has 0 aromatic heterocycles. The fourth-order valence-corrected chi connectivity index (χ4v) is 1.79. The largest absolute Gasteiger partial charge is 0.329 e. The van der Waals surface area contributed by atoms with Crippen molar-refractivity contribution >= 4 is 6.03 Å². The number of hydrogen-bond donors (Lipinski definition) is 1. The summed E-state index contributed by atoms with van der Waals surface area (Å²) >= 11 is 0. The van der Waals surface area contributed by atoms with Gasteiger partial charge >= 0.3 is 6.03 Å². The summed E-state index contributed by atoms with van der Waals surface area (Å²) in [5.74, 6) is 0. The first kappa shape index (κ1) is 9.06. The highest BCUT2D eigenvalue weighted by Crippen LogP contribution is 2.25. The quantitative estimate of drug-likeness (QED) is 0.719. The lowest BCUT2D eigenvalue weighted by Crippen LogP contribution is -2.27. The Bertz CT molecular complexity index is 336. The van der Waals surface area contributed by atoms with Crippen LogP contribution in [0.5, 0.6) is 0 Å². The average molecular weight is 190 g/mol. The van der Waals surface area contributed by atoms with Gasteiger partial charge in [0, 0.05) is 7.05 Å². The van der Waals surface area contributed by atoms with Crippen molar-refractivity contribution in [3.63, 3.8) is 0 Å². The Morgan fingerprint density at radius 2 is 1.93 bits per heavy atom. The van der Waals surface area contributed by atoms with Crippen molar-refractivity contribution in [2.45, 2.75) is 19.0 Å². The molecule has 1 saturated heterocycles. The van der Waals surface area contributed by atoms with Crippen LogP contribution in [0.1, 0.15) is 18.5 Å². The van der Waals surface area contributed by atoms with Crippen molar-refractivity contribution in [2.75, 3.05) is 7.05 Å². The molecule has 0 aliphatic carbocycles. The first-order valence-electron chi connectivity index (χ1n) is 4.78. The Morgan fingerprint density at radius 3 is 2.43 bits per heavy atom. The zero-order valence-electron chi connectivity index (χ0n) is 8.40. The predicted octanol–water partition coefficient (Wildman–Crippen LogP) is 1.77. The van der Waals surface area contributed by atoms with Gasteiger partial charge in [-0.15, -0.1) is 0 Å². The van der Waals surface area contributed by atoms with E-state index >= 15 is 0 Å². The van der Waals surface area contributed by atoms with Crippen LogP contribution in [0.2, 0.25) is 0 Å². The Morgan fingerprint density at radius 1 is 1.29 bits per heavy atom. The van der Waals surface area contributed by atoms with E-state index in [0.29, 0.717) is 0 Å². The standard InChI is InChI=1S/C11H14N2O/c1-8-10(12-11(14)13(8)2)9-6-4-3-5-7-9/h3-8,10H,1-2H3,(H,12,14)/t8-,10+/m0/s1. The summed E-state index contributed by atoms with van der Waals surface area (Å²) in [5.41, 5.74) is 1.16. The van der Waals surface area contributed by atoms with Gasteiger partial charge < -0.3 is 10.2 Å². The van der Waals surface area contributed by atoms with E-state index < -0.39 is 0 Å². The fraction of sp³-hybridized carbons (Fsp3) is 0.364. The van der Waals surface area contributed by atoms with Gasteiger partial charge in [-0.25, -0.2) is 4.79 Å². The van der Waals surface area contributed by atoms with Gasteiger partial charge in [-0.2, -0.15) is 0 Å². The van der Waals surface area contributed by atoms with Crippen molar-refractivity contribution in [2.24, 2.45) is 0 Å². The molecular weight excluding hydrogens is 176 g/mol. The van der Waals surface area contributed by atoms with Gasteiger partial charge in [-0.05, 0) is 12.5 Å². The minimum atomic E-state index is 0.00588. The zero-order valence-corrected chi connectivity index (χ0v) is 8.40. The highest BCUT2D eigenvalue weighted by atomic mass is 16.2. The van der Waals surface area contributed by atoms with E-state index in [1.165, 1.54) is 0 Å². The summed E-state index contributed by atoms with van der Waals surface area (Å²) in [6.07, 6.45) is 0. The van der Waals surface area contributed by atoms with Crippen molar-refractivity contribution in [1.29, 1.82) is 0 Å².